The van der Waals surface area contributed by atoms with Gasteiger partial charge in [-0.3, -0.25) is 4.68 Å². The fraction of sp³-hybridized carbons (Fsp3) is 0.357. The Bertz CT molecular complexity index is 581. The normalized spacial score (nSPS) is 12.4. The molecule has 1 aromatic heterocycles. The van der Waals surface area contributed by atoms with Crippen LogP contribution in [-0.2, 0) is 7.05 Å². The van der Waals surface area contributed by atoms with Gasteiger partial charge in [-0.25, -0.2) is 4.39 Å². The molecule has 0 bridgehead atoms. The maximum absolute atomic E-state index is 14.3. The molecular formula is C14H17BrFN3O. The minimum atomic E-state index is -0.335. The van der Waals surface area contributed by atoms with E-state index in [1.165, 1.54) is 6.07 Å². The molecule has 1 unspecified atom stereocenters. The molecule has 108 valence electrons. The summed E-state index contributed by atoms with van der Waals surface area (Å²) in [5, 5.41) is 7.48. The number of aromatic nitrogens is 2. The van der Waals surface area contributed by atoms with Crippen molar-refractivity contribution in [3.05, 3.63) is 45.9 Å². The third-order valence-electron chi connectivity index (χ3n) is 3.14. The van der Waals surface area contributed by atoms with Crippen LogP contribution in [0.1, 0.15) is 24.2 Å². The Kier molecular flexibility index (Phi) is 4.77. The monoisotopic (exact) mass is 341 g/mol. The van der Waals surface area contributed by atoms with Gasteiger partial charge in [-0.2, -0.15) is 5.10 Å². The van der Waals surface area contributed by atoms with E-state index in [0.717, 1.165) is 10.2 Å². The Labute approximate surface area is 126 Å². The lowest BCUT2D eigenvalue weighted by atomic mass is 10.0. The van der Waals surface area contributed by atoms with Crippen LogP contribution < -0.4 is 10.1 Å². The van der Waals surface area contributed by atoms with Gasteiger partial charge >= 0.3 is 0 Å². The molecule has 0 amide bonds. The molecule has 1 N–H and O–H groups in total. The zero-order chi connectivity index (χ0) is 14.7. The first-order chi connectivity index (χ1) is 9.60. The van der Waals surface area contributed by atoms with Crippen LogP contribution in [0.5, 0.6) is 5.75 Å². The Balaban J connectivity index is 2.60. The smallest absolute Gasteiger partial charge is 0.132 e. The third kappa shape index (κ3) is 2.71. The fourth-order valence-electron chi connectivity index (χ4n) is 2.26. The molecule has 0 radical (unpaired) electrons. The first-order valence-corrected chi connectivity index (χ1v) is 7.12. The van der Waals surface area contributed by atoms with Crippen molar-refractivity contribution < 1.29 is 9.13 Å². The molecule has 4 nitrogen and oxygen atoms in total. The van der Waals surface area contributed by atoms with Gasteiger partial charge < -0.3 is 10.1 Å². The zero-order valence-corrected chi connectivity index (χ0v) is 13.2. The molecule has 1 atom stereocenters. The van der Waals surface area contributed by atoms with Crippen LogP contribution in [0.4, 0.5) is 4.39 Å². The number of ether oxygens (including phenoxy) is 1. The molecule has 2 aromatic rings. The topological polar surface area (TPSA) is 39.1 Å². The number of hydrogen-bond donors (Lipinski definition) is 1. The maximum Gasteiger partial charge on any atom is 0.132 e. The summed E-state index contributed by atoms with van der Waals surface area (Å²) in [4.78, 5) is 0. The lowest BCUT2D eigenvalue weighted by Crippen LogP contribution is -2.26. The Morgan fingerprint density at radius 1 is 1.50 bits per heavy atom. The van der Waals surface area contributed by atoms with Crippen LogP contribution in [0.25, 0.3) is 0 Å². The highest BCUT2D eigenvalue weighted by atomic mass is 79.9. The van der Waals surface area contributed by atoms with Gasteiger partial charge in [0, 0.05) is 7.05 Å². The minimum Gasteiger partial charge on any atom is -0.496 e. The van der Waals surface area contributed by atoms with Gasteiger partial charge in [0.2, 0.25) is 0 Å². The van der Waals surface area contributed by atoms with E-state index >= 15 is 0 Å². The van der Waals surface area contributed by atoms with Crippen molar-refractivity contribution in [3.8, 4) is 5.75 Å². The summed E-state index contributed by atoms with van der Waals surface area (Å²) < 4.78 is 22.2. The van der Waals surface area contributed by atoms with Gasteiger partial charge in [0.25, 0.3) is 0 Å². The lowest BCUT2D eigenvalue weighted by Gasteiger charge is -2.22. The third-order valence-corrected chi connectivity index (χ3v) is 3.75. The van der Waals surface area contributed by atoms with E-state index < -0.39 is 0 Å². The molecule has 0 fully saturated rings. The van der Waals surface area contributed by atoms with Gasteiger partial charge in [-0.05, 0) is 34.6 Å². The average molecular weight is 342 g/mol. The number of halogens is 2. The van der Waals surface area contributed by atoms with Gasteiger partial charge in [0.05, 0.1) is 35.1 Å². The predicted octanol–water partition coefficient (Wildman–Crippen LogP) is 3.03. The van der Waals surface area contributed by atoms with E-state index in [1.807, 2.05) is 14.0 Å². The summed E-state index contributed by atoms with van der Waals surface area (Å²) in [6.45, 7) is 2.67. The van der Waals surface area contributed by atoms with E-state index in [1.54, 1.807) is 30.1 Å². The molecule has 0 saturated heterocycles. The standard InChI is InChI=1S/C14H17BrFN3O/c1-4-17-13(14-9(15)8-18-19(14)2)12-10(16)6-5-7-11(12)20-3/h5-8,13,17H,4H2,1-3H3. The number of methoxy groups -OCH3 is 1. The van der Waals surface area contributed by atoms with E-state index in [2.05, 4.69) is 26.3 Å². The Morgan fingerprint density at radius 2 is 2.25 bits per heavy atom. The van der Waals surface area contributed by atoms with Crippen molar-refractivity contribution in [1.82, 2.24) is 15.1 Å². The lowest BCUT2D eigenvalue weighted by molar-refractivity contribution is 0.395. The minimum absolute atomic E-state index is 0.302. The number of aryl methyl sites for hydroxylation is 1. The molecule has 0 aliphatic rings. The summed E-state index contributed by atoms with van der Waals surface area (Å²) >= 11 is 3.47. The second kappa shape index (κ2) is 6.37. The largest absolute Gasteiger partial charge is 0.496 e. The summed E-state index contributed by atoms with van der Waals surface area (Å²) in [5.41, 5.74) is 1.34. The second-order valence-electron chi connectivity index (χ2n) is 4.35. The van der Waals surface area contributed by atoms with Crippen molar-refractivity contribution in [1.29, 1.82) is 0 Å². The van der Waals surface area contributed by atoms with E-state index in [4.69, 9.17) is 4.74 Å². The summed E-state index contributed by atoms with van der Waals surface area (Å²) in [6, 6.07) is 4.50. The highest BCUT2D eigenvalue weighted by molar-refractivity contribution is 9.10. The van der Waals surface area contributed by atoms with Crippen LogP contribution in [0.2, 0.25) is 0 Å². The molecule has 1 aromatic carbocycles. The number of hydrogen-bond acceptors (Lipinski definition) is 3. The number of benzene rings is 1. The summed E-state index contributed by atoms with van der Waals surface area (Å²) in [7, 11) is 3.37. The second-order valence-corrected chi connectivity index (χ2v) is 5.20. The molecule has 0 spiro atoms. The number of nitrogens with zero attached hydrogens (tertiary/aromatic N) is 2. The molecule has 0 aliphatic carbocycles. The van der Waals surface area contributed by atoms with Crippen LogP contribution in [0.3, 0.4) is 0 Å². The van der Waals surface area contributed by atoms with Crippen LogP contribution in [-0.4, -0.2) is 23.4 Å². The highest BCUT2D eigenvalue weighted by Crippen LogP contribution is 2.35. The zero-order valence-electron chi connectivity index (χ0n) is 11.7. The Morgan fingerprint density at radius 3 is 2.80 bits per heavy atom. The van der Waals surface area contributed by atoms with Crippen molar-refractivity contribution in [2.45, 2.75) is 13.0 Å². The van der Waals surface area contributed by atoms with Crippen LogP contribution in [0.15, 0.2) is 28.9 Å². The fourth-order valence-corrected chi connectivity index (χ4v) is 2.84. The Hall–Kier alpha value is -1.40. The molecule has 1 heterocycles. The van der Waals surface area contributed by atoms with Gasteiger partial charge in [-0.1, -0.05) is 13.0 Å². The molecular weight excluding hydrogens is 325 g/mol. The van der Waals surface area contributed by atoms with Gasteiger partial charge in [0.1, 0.15) is 11.6 Å². The number of nitrogens with one attached hydrogen (secondary N) is 1. The van der Waals surface area contributed by atoms with Gasteiger partial charge in [-0.15, -0.1) is 0 Å². The van der Waals surface area contributed by atoms with Crippen molar-refractivity contribution in [3.63, 3.8) is 0 Å². The van der Waals surface area contributed by atoms with Crippen molar-refractivity contribution in [2.75, 3.05) is 13.7 Å². The quantitative estimate of drug-likeness (QED) is 0.908. The van der Waals surface area contributed by atoms with Gasteiger partial charge in [0.15, 0.2) is 0 Å². The first kappa shape index (κ1) is 15.0. The van der Waals surface area contributed by atoms with E-state index in [-0.39, 0.29) is 11.9 Å². The van der Waals surface area contributed by atoms with E-state index in [9.17, 15) is 4.39 Å². The molecule has 2 rings (SSSR count). The van der Waals surface area contributed by atoms with E-state index in [0.29, 0.717) is 17.9 Å². The van der Waals surface area contributed by atoms with Crippen LogP contribution in [0, 0.1) is 5.82 Å². The summed E-state index contributed by atoms with van der Waals surface area (Å²) in [5.74, 6) is 0.215. The molecule has 20 heavy (non-hydrogen) atoms. The van der Waals surface area contributed by atoms with Crippen molar-refractivity contribution in [2.24, 2.45) is 7.05 Å². The average Bonchev–Trinajstić information content (AvgIpc) is 2.76. The summed E-state index contributed by atoms with van der Waals surface area (Å²) in [6.07, 6.45) is 1.70. The predicted molar refractivity (Wildman–Crippen MR) is 79.4 cm³/mol. The van der Waals surface area contributed by atoms with Crippen LogP contribution >= 0.6 is 15.9 Å². The SMILES string of the molecule is CCNC(c1c(F)cccc1OC)c1c(Br)cnn1C. The molecule has 0 aliphatic heterocycles. The highest BCUT2D eigenvalue weighted by Gasteiger charge is 2.26. The molecule has 0 saturated carbocycles. The maximum atomic E-state index is 14.3. The molecule has 6 heteroatoms. The van der Waals surface area contributed by atoms with Crippen molar-refractivity contribution >= 4 is 15.9 Å². The number of rotatable bonds is 5. The first-order valence-electron chi connectivity index (χ1n) is 6.33.